The first kappa shape index (κ1) is 13.0. The van der Waals surface area contributed by atoms with Crippen molar-refractivity contribution in [1.82, 2.24) is 15.1 Å². The van der Waals surface area contributed by atoms with E-state index in [4.69, 9.17) is 0 Å². The second kappa shape index (κ2) is 4.68. The Morgan fingerprint density at radius 2 is 2.05 bits per heavy atom. The number of carbonyl (C=O) groups is 1. The molecule has 3 saturated carbocycles. The molecule has 1 N–H and O–H groups in total. The third-order valence-electron chi connectivity index (χ3n) is 5.94. The molecule has 5 heteroatoms. The minimum absolute atomic E-state index is 0.141. The van der Waals surface area contributed by atoms with Gasteiger partial charge in [0.05, 0.1) is 0 Å². The number of nitrogens with one attached hydrogen (secondary N) is 1. The van der Waals surface area contributed by atoms with E-state index in [1.165, 1.54) is 42.5 Å². The minimum atomic E-state index is -0.194. The summed E-state index contributed by atoms with van der Waals surface area (Å²) in [6.45, 7) is 0. The first-order valence-corrected chi connectivity index (χ1v) is 7.98. The number of aromatic nitrogens is 2. The lowest BCUT2D eigenvalue weighted by atomic mass is 9.79. The zero-order valence-corrected chi connectivity index (χ0v) is 12.3. The number of carbonyl (C=O) groups excluding carboxylic acids is 1. The molecule has 2 bridgehead atoms. The van der Waals surface area contributed by atoms with Crippen molar-refractivity contribution < 1.29 is 4.79 Å². The molecule has 21 heavy (non-hydrogen) atoms. The maximum absolute atomic E-state index is 12.3. The van der Waals surface area contributed by atoms with Crippen LogP contribution in [0.1, 0.15) is 42.6 Å². The van der Waals surface area contributed by atoms with Gasteiger partial charge in [-0.15, -0.1) is 0 Å². The molecule has 5 unspecified atom stereocenters. The first-order chi connectivity index (χ1) is 10.1. The monoisotopic (exact) mass is 287 g/mol. The van der Waals surface area contributed by atoms with Gasteiger partial charge in [0, 0.05) is 19.2 Å². The van der Waals surface area contributed by atoms with Crippen LogP contribution in [0, 0.1) is 23.7 Å². The molecular formula is C16H21N3O2. The quantitative estimate of drug-likeness (QED) is 0.892. The van der Waals surface area contributed by atoms with Crippen molar-refractivity contribution in [3.05, 3.63) is 28.2 Å². The van der Waals surface area contributed by atoms with E-state index in [2.05, 4.69) is 10.4 Å². The molecule has 5 nitrogen and oxygen atoms in total. The molecule has 112 valence electrons. The van der Waals surface area contributed by atoms with Gasteiger partial charge >= 0.3 is 0 Å². The highest BCUT2D eigenvalue weighted by molar-refractivity contribution is 5.92. The van der Waals surface area contributed by atoms with Crippen LogP contribution in [0.4, 0.5) is 0 Å². The van der Waals surface area contributed by atoms with E-state index in [0.717, 1.165) is 24.2 Å². The molecule has 0 saturated heterocycles. The number of nitrogens with zero attached hydrogens (tertiary/aromatic N) is 2. The van der Waals surface area contributed by atoms with Gasteiger partial charge in [0.25, 0.3) is 11.5 Å². The summed E-state index contributed by atoms with van der Waals surface area (Å²) in [5, 5.41) is 7.20. The molecule has 4 rings (SSSR count). The molecule has 0 aromatic carbocycles. The Morgan fingerprint density at radius 1 is 1.24 bits per heavy atom. The van der Waals surface area contributed by atoms with E-state index >= 15 is 0 Å². The first-order valence-electron chi connectivity index (χ1n) is 7.98. The van der Waals surface area contributed by atoms with Crippen LogP contribution in [-0.4, -0.2) is 21.7 Å². The van der Waals surface area contributed by atoms with Gasteiger partial charge in [0.2, 0.25) is 0 Å². The maximum atomic E-state index is 12.3. The highest BCUT2D eigenvalue weighted by Crippen LogP contribution is 2.58. The number of rotatable bonds is 2. The molecule has 1 heterocycles. The fraction of sp³-hybridized carbons (Fsp3) is 0.688. The van der Waals surface area contributed by atoms with Crippen LogP contribution in [0.25, 0.3) is 0 Å². The largest absolute Gasteiger partial charge is 0.348 e. The van der Waals surface area contributed by atoms with Crippen molar-refractivity contribution in [3.63, 3.8) is 0 Å². The normalized spacial score (nSPS) is 36.7. The molecule has 3 fully saturated rings. The van der Waals surface area contributed by atoms with Gasteiger partial charge < -0.3 is 5.32 Å². The van der Waals surface area contributed by atoms with E-state index < -0.39 is 0 Å². The van der Waals surface area contributed by atoms with Gasteiger partial charge in [-0.25, -0.2) is 4.68 Å². The van der Waals surface area contributed by atoms with E-state index in [9.17, 15) is 9.59 Å². The average Bonchev–Trinajstić information content (AvgIpc) is 3.13. The molecular weight excluding hydrogens is 266 g/mol. The Bertz CT molecular complexity index is 639. The van der Waals surface area contributed by atoms with Crippen LogP contribution in [-0.2, 0) is 7.05 Å². The fourth-order valence-corrected chi connectivity index (χ4v) is 5.10. The molecule has 0 aliphatic heterocycles. The summed E-state index contributed by atoms with van der Waals surface area (Å²) >= 11 is 0. The number of aryl methyl sites for hydroxylation is 1. The third-order valence-corrected chi connectivity index (χ3v) is 5.94. The van der Waals surface area contributed by atoms with Crippen LogP contribution in [0.5, 0.6) is 0 Å². The van der Waals surface area contributed by atoms with Crippen LogP contribution < -0.4 is 10.9 Å². The molecule has 3 aliphatic rings. The highest BCUT2D eigenvalue weighted by Gasteiger charge is 2.54. The lowest BCUT2D eigenvalue weighted by molar-refractivity contribution is 0.0893. The highest BCUT2D eigenvalue weighted by atomic mass is 16.2. The molecule has 1 aromatic heterocycles. The van der Waals surface area contributed by atoms with Crippen molar-refractivity contribution in [2.75, 3.05) is 0 Å². The fourth-order valence-electron chi connectivity index (χ4n) is 5.10. The van der Waals surface area contributed by atoms with Crippen LogP contribution in [0.15, 0.2) is 16.9 Å². The van der Waals surface area contributed by atoms with E-state index in [0.29, 0.717) is 17.7 Å². The molecule has 5 atom stereocenters. The number of hydrogen-bond donors (Lipinski definition) is 1. The lowest BCUT2D eigenvalue weighted by Crippen LogP contribution is -2.43. The van der Waals surface area contributed by atoms with Crippen molar-refractivity contribution in [2.45, 2.75) is 38.1 Å². The van der Waals surface area contributed by atoms with Gasteiger partial charge in [-0.3, -0.25) is 9.59 Å². The predicted molar refractivity (Wildman–Crippen MR) is 77.8 cm³/mol. The van der Waals surface area contributed by atoms with Crippen LogP contribution in [0.3, 0.4) is 0 Å². The van der Waals surface area contributed by atoms with Gasteiger partial charge in [-0.05, 0) is 55.4 Å². The summed E-state index contributed by atoms with van der Waals surface area (Å²) in [6.07, 6.45) is 6.53. The van der Waals surface area contributed by atoms with Crippen molar-refractivity contribution in [1.29, 1.82) is 0 Å². The van der Waals surface area contributed by atoms with Gasteiger partial charge in [0.1, 0.15) is 5.69 Å². The Balaban J connectivity index is 1.48. The summed E-state index contributed by atoms with van der Waals surface area (Å²) in [4.78, 5) is 23.7. The molecule has 3 aliphatic carbocycles. The number of hydrogen-bond acceptors (Lipinski definition) is 3. The summed E-state index contributed by atoms with van der Waals surface area (Å²) in [5.74, 6) is 3.11. The van der Waals surface area contributed by atoms with E-state index in [1.807, 2.05) is 0 Å². The van der Waals surface area contributed by atoms with Gasteiger partial charge in [0.15, 0.2) is 0 Å². The second-order valence-corrected chi connectivity index (χ2v) is 6.91. The standard InChI is InChI=1S/C16H21N3O2/c1-19-15(20)6-5-13(18-19)16(21)17-14-8-9-7-12(14)11-4-2-3-10(9)11/h5-6,9-12,14H,2-4,7-8H2,1H3,(H,17,21). The number of fused-ring (bicyclic) bond motifs is 5. The summed E-state index contributed by atoms with van der Waals surface area (Å²) in [5.41, 5.74) is 0.142. The second-order valence-electron chi connectivity index (χ2n) is 6.91. The Morgan fingerprint density at radius 3 is 2.86 bits per heavy atom. The lowest BCUT2D eigenvalue weighted by Gasteiger charge is -2.32. The smallest absolute Gasteiger partial charge is 0.271 e. The Hall–Kier alpha value is -1.65. The summed E-state index contributed by atoms with van der Waals surface area (Å²) in [7, 11) is 1.57. The minimum Gasteiger partial charge on any atom is -0.348 e. The van der Waals surface area contributed by atoms with Crippen LogP contribution in [0.2, 0.25) is 0 Å². The Kier molecular flexibility index (Phi) is 2.91. The SMILES string of the molecule is Cn1nc(C(=O)NC2CC3CC2C2CCCC32)ccc1=O. The van der Waals surface area contributed by atoms with Crippen LogP contribution >= 0.6 is 0 Å². The van der Waals surface area contributed by atoms with E-state index in [-0.39, 0.29) is 11.5 Å². The molecule has 1 amide bonds. The third kappa shape index (κ3) is 2.01. The number of amides is 1. The average molecular weight is 287 g/mol. The molecule has 0 radical (unpaired) electrons. The van der Waals surface area contributed by atoms with Gasteiger partial charge in [-0.2, -0.15) is 5.10 Å². The summed E-state index contributed by atoms with van der Waals surface area (Å²) in [6, 6.07) is 3.22. The van der Waals surface area contributed by atoms with E-state index in [1.54, 1.807) is 7.05 Å². The van der Waals surface area contributed by atoms with Gasteiger partial charge in [-0.1, -0.05) is 6.42 Å². The Labute approximate surface area is 123 Å². The van der Waals surface area contributed by atoms with Crippen molar-refractivity contribution >= 4 is 5.91 Å². The van der Waals surface area contributed by atoms with Crippen molar-refractivity contribution in [3.8, 4) is 0 Å². The topological polar surface area (TPSA) is 64.0 Å². The molecule has 1 aromatic rings. The van der Waals surface area contributed by atoms with Crippen molar-refractivity contribution in [2.24, 2.45) is 30.7 Å². The summed E-state index contributed by atoms with van der Waals surface area (Å²) < 4.78 is 1.21. The molecule has 0 spiro atoms. The predicted octanol–water partition coefficient (Wildman–Crippen LogP) is 1.33. The zero-order valence-electron chi connectivity index (χ0n) is 12.3. The zero-order chi connectivity index (χ0) is 14.6. The maximum Gasteiger partial charge on any atom is 0.271 e.